The number of benzene rings is 2. The molecular weight excluding hydrogens is 380 g/mol. The fraction of sp³-hybridized carbons (Fsp3) is 0.250. The molecular formula is C20H19ClN4O3. The van der Waals surface area contributed by atoms with Crippen LogP contribution in [-0.4, -0.2) is 29.7 Å². The summed E-state index contributed by atoms with van der Waals surface area (Å²) in [5.74, 6) is 1.28. The maximum absolute atomic E-state index is 12.6. The van der Waals surface area contributed by atoms with Gasteiger partial charge in [0.25, 0.3) is 0 Å². The molecule has 0 radical (unpaired) electrons. The number of carbonyl (C=O) groups is 1. The number of hydrogen-bond donors (Lipinski definition) is 1. The second-order valence-corrected chi connectivity index (χ2v) is 7.02. The molecule has 1 unspecified atom stereocenters. The molecule has 144 valence electrons. The summed E-state index contributed by atoms with van der Waals surface area (Å²) in [5, 5.41) is 4.60. The molecule has 1 aromatic heterocycles. The van der Waals surface area contributed by atoms with Crippen molar-refractivity contribution in [2.45, 2.75) is 18.9 Å². The number of rotatable bonds is 5. The molecule has 28 heavy (non-hydrogen) atoms. The summed E-state index contributed by atoms with van der Waals surface area (Å²) in [6.45, 7) is 0.897. The van der Waals surface area contributed by atoms with Crippen LogP contribution in [0.25, 0.3) is 11.4 Å². The number of nitrogens with zero attached hydrogens (tertiary/aromatic N) is 3. The second-order valence-electron chi connectivity index (χ2n) is 6.58. The third-order valence-electron chi connectivity index (χ3n) is 4.80. The molecule has 0 bridgehead atoms. The van der Waals surface area contributed by atoms with Crippen molar-refractivity contribution in [2.75, 3.05) is 18.6 Å². The normalized spacial score (nSPS) is 16.6. The minimum Gasteiger partial charge on any atom is -0.495 e. The zero-order valence-electron chi connectivity index (χ0n) is 15.3. The third-order valence-corrected chi connectivity index (χ3v) is 5.03. The Hall–Kier alpha value is -2.90. The first-order valence-corrected chi connectivity index (χ1v) is 9.23. The highest BCUT2D eigenvalue weighted by Gasteiger charge is 2.36. The predicted molar refractivity (Wildman–Crippen MR) is 105 cm³/mol. The van der Waals surface area contributed by atoms with Crippen molar-refractivity contribution < 1.29 is 14.1 Å². The van der Waals surface area contributed by atoms with Crippen LogP contribution in [0.2, 0.25) is 5.02 Å². The Bertz CT molecular complexity index is 1000. The predicted octanol–water partition coefficient (Wildman–Crippen LogP) is 3.38. The SMILES string of the molecule is COc1ccc(Cl)cc1N1CC(c2nc(-c3ccc(CN)cc3)no2)CC1=O. The van der Waals surface area contributed by atoms with Gasteiger partial charge in [0.1, 0.15) is 5.75 Å². The van der Waals surface area contributed by atoms with Gasteiger partial charge in [-0.2, -0.15) is 4.98 Å². The molecule has 2 aromatic carbocycles. The van der Waals surface area contributed by atoms with Gasteiger partial charge in [-0.1, -0.05) is 41.0 Å². The first kappa shape index (κ1) is 18.5. The van der Waals surface area contributed by atoms with Crippen molar-refractivity contribution in [3.63, 3.8) is 0 Å². The first-order chi connectivity index (χ1) is 13.6. The van der Waals surface area contributed by atoms with Gasteiger partial charge >= 0.3 is 0 Å². The van der Waals surface area contributed by atoms with E-state index >= 15 is 0 Å². The lowest BCUT2D eigenvalue weighted by Crippen LogP contribution is -2.24. The smallest absolute Gasteiger partial charge is 0.232 e. The molecule has 1 saturated heterocycles. The number of nitrogens with two attached hydrogens (primary N) is 1. The highest BCUT2D eigenvalue weighted by Crippen LogP contribution is 2.37. The van der Waals surface area contributed by atoms with Crippen LogP contribution in [0.5, 0.6) is 5.75 Å². The molecule has 1 fully saturated rings. The highest BCUT2D eigenvalue weighted by atomic mass is 35.5. The summed E-state index contributed by atoms with van der Waals surface area (Å²) in [6.07, 6.45) is 0.281. The number of methoxy groups -OCH3 is 1. The van der Waals surface area contributed by atoms with Gasteiger partial charge in [0.15, 0.2) is 0 Å². The summed E-state index contributed by atoms with van der Waals surface area (Å²) < 4.78 is 10.8. The van der Waals surface area contributed by atoms with E-state index in [9.17, 15) is 4.79 Å². The van der Waals surface area contributed by atoms with E-state index in [0.29, 0.717) is 41.3 Å². The number of halogens is 1. The molecule has 2 heterocycles. The number of carbonyl (C=O) groups excluding carboxylic acids is 1. The standard InChI is InChI=1S/C20H19ClN4O3/c1-27-17-7-6-15(21)9-16(17)25-11-14(8-18(25)26)20-23-19(24-28-20)13-4-2-12(10-22)3-5-13/h2-7,9,14H,8,10-11,22H2,1H3. The van der Waals surface area contributed by atoms with E-state index < -0.39 is 0 Å². The van der Waals surface area contributed by atoms with Gasteiger partial charge < -0.3 is 19.9 Å². The lowest BCUT2D eigenvalue weighted by atomic mass is 10.1. The number of aromatic nitrogens is 2. The molecule has 7 nitrogen and oxygen atoms in total. The Kier molecular flexibility index (Phi) is 5.02. The van der Waals surface area contributed by atoms with Crippen LogP contribution in [0.15, 0.2) is 47.0 Å². The molecule has 2 N–H and O–H groups in total. The topological polar surface area (TPSA) is 94.5 Å². The molecule has 1 atom stereocenters. The third kappa shape index (κ3) is 3.46. The Morgan fingerprint density at radius 2 is 2.07 bits per heavy atom. The maximum Gasteiger partial charge on any atom is 0.232 e. The van der Waals surface area contributed by atoms with Gasteiger partial charge in [-0.05, 0) is 23.8 Å². The molecule has 8 heteroatoms. The summed E-state index contributed by atoms with van der Waals surface area (Å²) in [7, 11) is 1.56. The van der Waals surface area contributed by atoms with Crippen LogP contribution in [0.3, 0.4) is 0 Å². The fourth-order valence-corrected chi connectivity index (χ4v) is 3.45. The van der Waals surface area contributed by atoms with E-state index in [1.54, 1.807) is 30.2 Å². The van der Waals surface area contributed by atoms with E-state index in [1.807, 2.05) is 24.3 Å². The average molecular weight is 399 g/mol. The van der Waals surface area contributed by atoms with Crippen molar-refractivity contribution in [3.8, 4) is 17.1 Å². The summed E-state index contributed by atoms with van der Waals surface area (Å²) in [5.41, 5.74) is 8.13. The lowest BCUT2D eigenvalue weighted by Gasteiger charge is -2.19. The van der Waals surface area contributed by atoms with Crippen LogP contribution in [-0.2, 0) is 11.3 Å². The quantitative estimate of drug-likeness (QED) is 0.708. The summed E-state index contributed by atoms with van der Waals surface area (Å²) in [4.78, 5) is 18.8. The molecule has 1 aliphatic heterocycles. The van der Waals surface area contributed by atoms with E-state index in [-0.39, 0.29) is 18.2 Å². The van der Waals surface area contributed by atoms with Crippen LogP contribution in [0, 0.1) is 0 Å². The van der Waals surface area contributed by atoms with Gasteiger partial charge in [0, 0.05) is 30.1 Å². The molecule has 4 rings (SSSR count). The number of amides is 1. The number of hydrogen-bond acceptors (Lipinski definition) is 6. The van der Waals surface area contributed by atoms with Gasteiger partial charge in [0.2, 0.25) is 17.6 Å². The largest absolute Gasteiger partial charge is 0.495 e. The summed E-state index contributed by atoms with van der Waals surface area (Å²) >= 11 is 6.10. The van der Waals surface area contributed by atoms with Gasteiger partial charge in [-0.3, -0.25) is 4.79 Å². The Balaban J connectivity index is 1.56. The molecule has 0 aliphatic carbocycles. The summed E-state index contributed by atoms with van der Waals surface area (Å²) in [6, 6.07) is 12.9. The fourth-order valence-electron chi connectivity index (χ4n) is 3.29. The van der Waals surface area contributed by atoms with E-state index in [2.05, 4.69) is 10.1 Å². The minimum atomic E-state index is -0.194. The highest BCUT2D eigenvalue weighted by molar-refractivity contribution is 6.31. The lowest BCUT2D eigenvalue weighted by molar-refractivity contribution is -0.117. The van der Waals surface area contributed by atoms with Crippen molar-refractivity contribution in [1.29, 1.82) is 0 Å². The molecule has 0 saturated carbocycles. The van der Waals surface area contributed by atoms with Crippen LogP contribution in [0.1, 0.15) is 23.8 Å². The molecule has 3 aromatic rings. The number of anilines is 1. The molecule has 1 aliphatic rings. The minimum absolute atomic E-state index is 0.0439. The number of ether oxygens (including phenoxy) is 1. The average Bonchev–Trinajstić information content (AvgIpc) is 3.35. The van der Waals surface area contributed by atoms with Gasteiger partial charge in [-0.15, -0.1) is 0 Å². The van der Waals surface area contributed by atoms with Gasteiger partial charge in [0.05, 0.1) is 18.7 Å². The van der Waals surface area contributed by atoms with E-state index in [4.69, 9.17) is 26.6 Å². The Morgan fingerprint density at radius 1 is 1.29 bits per heavy atom. The van der Waals surface area contributed by atoms with Crippen LogP contribution >= 0.6 is 11.6 Å². The van der Waals surface area contributed by atoms with Gasteiger partial charge in [-0.25, -0.2) is 0 Å². The van der Waals surface area contributed by atoms with Crippen LogP contribution < -0.4 is 15.4 Å². The molecule has 0 spiro atoms. The zero-order valence-corrected chi connectivity index (χ0v) is 16.0. The molecule has 1 amide bonds. The Labute approximate surface area is 167 Å². The van der Waals surface area contributed by atoms with Crippen molar-refractivity contribution in [2.24, 2.45) is 5.73 Å². The van der Waals surface area contributed by atoms with Crippen LogP contribution in [0.4, 0.5) is 5.69 Å². The van der Waals surface area contributed by atoms with Crippen molar-refractivity contribution in [1.82, 2.24) is 10.1 Å². The van der Waals surface area contributed by atoms with E-state index in [0.717, 1.165) is 11.1 Å². The van der Waals surface area contributed by atoms with E-state index in [1.165, 1.54) is 0 Å². The maximum atomic E-state index is 12.6. The zero-order chi connectivity index (χ0) is 19.7. The monoisotopic (exact) mass is 398 g/mol. The van der Waals surface area contributed by atoms with Crippen molar-refractivity contribution in [3.05, 3.63) is 58.9 Å². The van der Waals surface area contributed by atoms with Crippen molar-refractivity contribution >= 4 is 23.2 Å². The first-order valence-electron chi connectivity index (χ1n) is 8.86. The second kappa shape index (κ2) is 7.61. The Morgan fingerprint density at radius 3 is 2.79 bits per heavy atom.